The zero-order valence-corrected chi connectivity index (χ0v) is 20.2. The van der Waals surface area contributed by atoms with Crippen molar-refractivity contribution in [1.29, 1.82) is 0 Å². The van der Waals surface area contributed by atoms with Crippen molar-refractivity contribution >= 4 is 23.3 Å². The molecule has 3 amide bonds. The quantitative estimate of drug-likeness (QED) is 0.476. The minimum absolute atomic E-state index is 0.0275. The maximum atomic E-state index is 13.1. The highest BCUT2D eigenvalue weighted by Crippen LogP contribution is 2.19. The van der Waals surface area contributed by atoms with Gasteiger partial charge in [-0.2, -0.15) is 0 Å². The monoisotopic (exact) mass is 480 g/mol. The second-order valence-electron chi connectivity index (χ2n) is 9.25. The summed E-state index contributed by atoms with van der Waals surface area (Å²) >= 11 is 0. The van der Waals surface area contributed by atoms with E-state index in [0.29, 0.717) is 30.2 Å². The zero-order chi connectivity index (χ0) is 24.5. The molecular formula is C26H36N6O3. The normalized spacial score (nSPS) is 16.7. The molecule has 1 aliphatic carbocycles. The SMILES string of the molecule is Nc1ccccc1NC(=O)c1ccc(CN(CCCN2CCOCC2)C(=O)NC2CCCC2)cn1. The number of nitrogen functional groups attached to an aromatic ring is 1. The second kappa shape index (κ2) is 12.5. The molecule has 1 aromatic heterocycles. The largest absolute Gasteiger partial charge is 0.397 e. The standard InChI is InChI=1S/C26H36N6O3/c27-22-8-3-4-9-23(22)30-25(33)24-11-10-20(18-28-24)19-32(26(34)29-21-6-1-2-7-21)13-5-12-31-14-16-35-17-15-31/h3-4,8-11,18,21H,1-2,5-7,12-17,19,27H2,(H,29,34)(H,30,33). The number of hydrogen-bond acceptors (Lipinski definition) is 6. The number of rotatable bonds is 9. The fourth-order valence-corrected chi connectivity index (χ4v) is 4.57. The number of pyridine rings is 1. The van der Waals surface area contributed by atoms with Crippen molar-refractivity contribution < 1.29 is 14.3 Å². The summed E-state index contributed by atoms with van der Waals surface area (Å²) in [6.45, 7) is 5.47. The van der Waals surface area contributed by atoms with Gasteiger partial charge in [0.2, 0.25) is 0 Å². The number of nitrogens with two attached hydrogens (primary N) is 1. The molecule has 1 aliphatic heterocycles. The average molecular weight is 481 g/mol. The van der Waals surface area contributed by atoms with Crippen molar-refractivity contribution in [2.75, 3.05) is 50.4 Å². The summed E-state index contributed by atoms with van der Waals surface area (Å²) in [7, 11) is 0. The van der Waals surface area contributed by atoms with Gasteiger partial charge in [0, 0.05) is 45.0 Å². The van der Waals surface area contributed by atoms with Gasteiger partial charge in [-0.05, 0) is 43.0 Å². The highest BCUT2D eigenvalue weighted by Gasteiger charge is 2.22. The summed E-state index contributed by atoms with van der Waals surface area (Å²) in [5, 5.41) is 6.00. The molecule has 1 aromatic carbocycles. The van der Waals surface area contributed by atoms with Crippen LogP contribution in [0.4, 0.5) is 16.2 Å². The van der Waals surface area contributed by atoms with Crippen molar-refractivity contribution in [2.45, 2.75) is 44.7 Å². The van der Waals surface area contributed by atoms with Crippen LogP contribution in [-0.2, 0) is 11.3 Å². The molecule has 0 radical (unpaired) electrons. The van der Waals surface area contributed by atoms with Crippen LogP contribution in [0.25, 0.3) is 0 Å². The van der Waals surface area contributed by atoms with Crippen molar-refractivity contribution in [2.24, 2.45) is 0 Å². The molecular weight excluding hydrogens is 444 g/mol. The van der Waals surface area contributed by atoms with Gasteiger partial charge in [0.15, 0.2) is 0 Å². The molecule has 2 aromatic rings. The molecule has 0 bridgehead atoms. The Morgan fingerprint density at radius 1 is 1.11 bits per heavy atom. The van der Waals surface area contributed by atoms with Crippen molar-refractivity contribution in [3.63, 3.8) is 0 Å². The van der Waals surface area contributed by atoms with Gasteiger partial charge < -0.3 is 26.0 Å². The number of para-hydroxylation sites is 2. The molecule has 0 spiro atoms. The Kier molecular flexibility index (Phi) is 8.91. The Balaban J connectivity index is 1.35. The van der Waals surface area contributed by atoms with Gasteiger partial charge in [-0.3, -0.25) is 14.7 Å². The van der Waals surface area contributed by atoms with Gasteiger partial charge in [-0.25, -0.2) is 4.79 Å². The number of anilines is 2. The smallest absolute Gasteiger partial charge is 0.317 e. The van der Waals surface area contributed by atoms with Gasteiger partial charge in [-0.1, -0.05) is 31.0 Å². The lowest BCUT2D eigenvalue weighted by Crippen LogP contribution is -2.45. The highest BCUT2D eigenvalue weighted by molar-refractivity contribution is 6.04. The van der Waals surface area contributed by atoms with Crippen molar-refractivity contribution in [3.05, 3.63) is 53.9 Å². The molecule has 0 atom stereocenters. The van der Waals surface area contributed by atoms with Crippen molar-refractivity contribution in [3.8, 4) is 0 Å². The lowest BCUT2D eigenvalue weighted by Gasteiger charge is -2.29. The molecule has 35 heavy (non-hydrogen) atoms. The molecule has 2 aliphatic rings. The third-order valence-corrected chi connectivity index (χ3v) is 6.62. The van der Waals surface area contributed by atoms with Crippen LogP contribution in [0.1, 0.15) is 48.2 Å². The summed E-state index contributed by atoms with van der Waals surface area (Å²) in [6, 6.07) is 10.9. The number of carbonyl (C=O) groups is 2. The van der Waals surface area contributed by atoms with E-state index in [1.807, 2.05) is 23.1 Å². The summed E-state index contributed by atoms with van der Waals surface area (Å²) in [6.07, 6.45) is 7.00. The third kappa shape index (κ3) is 7.40. The van der Waals surface area contributed by atoms with Crippen LogP contribution in [0.2, 0.25) is 0 Å². The van der Waals surface area contributed by atoms with Crippen LogP contribution in [0.3, 0.4) is 0 Å². The van der Waals surface area contributed by atoms with E-state index < -0.39 is 0 Å². The molecule has 1 saturated carbocycles. The van der Waals surface area contributed by atoms with Crippen LogP contribution in [0, 0.1) is 0 Å². The van der Waals surface area contributed by atoms with E-state index in [0.717, 1.165) is 57.7 Å². The van der Waals surface area contributed by atoms with Crippen LogP contribution < -0.4 is 16.4 Å². The Morgan fingerprint density at radius 2 is 1.89 bits per heavy atom. The third-order valence-electron chi connectivity index (χ3n) is 6.62. The molecule has 9 nitrogen and oxygen atoms in total. The Hall–Kier alpha value is -3.17. The first-order valence-corrected chi connectivity index (χ1v) is 12.5. The van der Waals surface area contributed by atoms with E-state index >= 15 is 0 Å². The summed E-state index contributed by atoms with van der Waals surface area (Å²) in [5.74, 6) is -0.323. The van der Waals surface area contributed by atoms with E-state index in [2.05, 4.69) is 20.5 Å². The number of carbonyl (C=O) groups excluding carboxylic acids is 2. The number of nitrogens with one attached hydrogen (secondary N) is 2. The minimum Gasteiger partial charge on any atom is -0.397 e. The lowest BCUT2D eigenvalue weighted by molar-refractivity contribution is 0.0364. The summed E-state index contributed by atoms with van der Waals surface area (Å²) in [5.41, 5.74) is 8.15. The molecule has 188 valence electrons. The summed E-state index contributed by atoms with van der Waals surface area (Å²) < 4.78 is 5.43. The maximum absolute atomic E-state index is 13.1. The average Bonchev–Trinajstić information content (AvgIpc) is 3.39. The van der Waals surface area contributed by atoms with Crippen LogP contribution in [0.5, 0.6) is 0 Å². The van der Waals surface area contributed by atoms with Gasteiger partial charge in [0.25, 0.3) is 5.91 Å². The first-order chi connectivity index (χ1) is 17.1. The molecule has 9 heteroatoms. The number of amides is 3. The topological polar surface area (TPSA) is 113 Å². The van der Waals surface area contributed by atoms with Crippen LogP contribution in [0.15, 0.2) is 42.6 Å². The van der Waals surface area contributed by atoms with Crippen molar-refractivity contribution in [1.82, 2.24) is 20.1 Å². The van der Waals surface area contributed by atoms with Crippen LogP contribution in [-0.4, -0.2) is 72.2 Å². The Bertz CT molecular complexity index is 971. The van der Waals surface area contributed by atoms with E-state index in [1.165, 1.54) is 12.8 Å². The Labute approximate surface area is 207 Å². The number of morpholine rings is 1. The first-order valence-electron chi connectivity index (χ1n) is 12.5. The molecule has 2 fully saturated rings. The molecule has 4 N–H and O–H groups in total. The van der Waals surface area contributed by atoms with Gasteiger partial charge in [-0.15, -0.1) is 0 Å². The molecule has 1 saturated heterocycles. The predicted molar refractivity (Wildman–Crippen MR) is 136 cm³/mol. The predicted octanol–water partition coefficient (Wildman–Crippen LogP) is 3.09. The van der Waals surface area contributed by atoms with Gasteiger partial charge in [0.05, 0.1) is 24.6 Å². The highest BCUT2D eigenvalue weighted by atomic mass is 16.5. The number of aromatic nitrogens is 1. The summed E-state index contributed by atoms with van der Waals surface area (Å²) in [4.78, 5) is 34.2. The van der Waals surface area contributed by atoms with E-state index in [-0.39, 0.29) is 18.0 Å². The number of urea groups is 1. The molecule has 2 heterocycles. The maximum Gasteiger partial charge on any atom is 0.317 e. The number of nitrogens with zero attached hydrogens (tertiary/aromatic N) is 3. The zero-order valence-electron chi connectivity index (χ0n) is 20.2. The van der Waals surface area contributed by atoms with E-state index in [1.54, 1.807) is 24.4 Å². The van der Waals surface area contributed by atoms with Gasteiger partial charge in [0.1, 0.15) is 5.69 Å². The fourth-order valence-electron chi connectivity index (χ4n) is 4.57. The second-order valence-corrected chi connectivity index (χ2v) is 9.25. The van der Waals surface area contributed by atoms with Crippen LogP contribution >= 0.6 is 0 Å². The van der Waals surface area contributed by atoms with E-state index in [9.17, 15) is 9.59 Å². The Morgan fingerprint density at radius 3 is 2.60 bits per heavy atom. The molecule has 0 unspecified atom stereocenters. The number of benzene rings is 1. The number of ether oxygens (including phenoxy) is 1. The first kappa shape index (κ1) is 24.9. The fraction of sp³-hybridized carbons (Fsp3) is 0.500. The molecule has 4 rings (SSSR count). The lowest BCUT2D eigenvalue weighted by atomic mass is 10.2. The minimum atomic E-state index is -0.323. The van der Waals surface area contributed by atoms with Gasteiger partial charge >= 0.3 is 6.03 Å². The van der Waals surface area contributed by atoms with E-state index in [4.69, 9.17) is 10.5 Å². The number of hydrogen-bond donors (Lipinski definition) is 3.